The summed E-state index contributed by atoms with van der Waals surface area (Å²) in [5.41, 5.74) is 0.630. The van der Waals surface area contributed by atoms with Crippen molar-refractivity contribution in [1.82, 2.24) is 0 Å². The third-order valence-electron chi connectivity index (χ3n) is 1.44. The van der Waals surface area contributed by atoms with Crippen LogP contribution in [0, 0.1) is 4.91 Å². The molecule has 0 N–H and O–H groups in total. The van der Waals surface area contributed by atoms with E-state index < -0.39 is 0 Å². The van der Waals surface area contributed by atoms with E-state index in [9.17, 15) is 4.91 Å². The fourth-order valence-corrected chi connectivity index (χ4v) is 0.792. The van der Waals surface area contributed by atoms with Crippen LogP contribution in [0.5, 0.6) is 5.75 Å². The van der Waals surface area contributed by atoms with Crippen LogP contribution in [-0.2, 0) is 4.79 Å². The van der Waals surface area contributed by atoms with E-state index in [2.05, 4.69) is 11.6 Å². The van der Waals surface area contributed by atoms with Gasteiger partial charge in [-0.05, 0) is 23.7 Å². The summed E-state index contributed by atoms with van der Waals surface area (Å²) in [5, 5.41) is 0. The SMILES string of the molecule is COc1ccc([N+](C)=O)cc1.O=CCl. The highest BCUT2D eigenvalue weighted by Crippen LogP contribution is 2.15. The standard InChI is InChI=1S/C8H10NO2.CHClO/c1-9(10)7-3-5-8(11-2)6-4-7;2-1-3/h3-6H,1-2H3;1H/q+1;. The van der Waals surface area contributed by atoms with Crippen LogP contribution < -0.4 is 4.74 Å². The van der Waals surface area contributed by atoms with Crippen LogP contribution >= 0.6 is 11.6 Å². The molecule has 1 aromatic rings. The van der Waals surface area contributed by atoms with Crippen molar-refractivity contribution in [3.05, 3.63) is 29.2 Å². The highest BCUT2D eigenvalue weighted by Gasteiger charge is 2.04. The maximum atomic E-state index is 10.7. The van der Waals surface area contributed by atoms with Crippen molar-refractivity contribution in [2.45, 2.75) is 0 Å². The largest absolute Gasteiger partial charge is 0.497 e. The van der Waals surface area contributed by atoms with Gasteiger partial charge >= 0.3 is 0 Å². The van der Waals surface area contributed by atoms with E-state index in [1.807, 2.05) is 0 Å². The van der Waals surface area contributed by atoms with Crippen molar-refractivity contribution in [1.29, 1.82) is 0 Å². The fourth-order valence-electron chi connectivity index (χ4n) is 0.792. The molecule has 0 aromatic heterocycles. The van der Waals surface area contributed by atoms with Crippen LogP contribution in [0.1, 0.15) is 0 Å². The first-order valence-corrected chi connectivity index (χ1v) is 4.18. The van der Waals surface area contributed by atoms with Gasteiger partial charge < -0.3 is 4.74 Å². The Balaban J connectivity index is 0.000000500. The van der Waals surface area contributed by atoms with Gasteiger partial charge in [-0.2, -0.15) is 0 Å². The molecule has 0 saturated carbocycles. The van der Waals surface area contributed by atoms with Gasteiger partial charge in [-0.1, -0.05) is 0 Å². The number of carbonyl (C=O) groups is 1. The molecule has 14 heavy (non-hydrogen) atoms. The average Bonchev–Trinajstić information content (AvgIpc) is 2.19. The van der Waals surface area contributed by atoms with Crippen LogP contribution in [-0.4, -0.2) is 24.7 Å². The molecule has 4 nitrogen and oxygen atoms in total. The summed E-state index contributed by atoms with van der Waals surface area (Å²) >= 11 is 4.32. The van der Waals surface area contributed by atoms with E-state index in [-0.39, 0.29) is 5.75 Å². The molecule has 0 amide bonds. The number of ether oxygens (including phenoxy) is 1. The van der Waals surface area contributed by atoms with Gasteiger partial charge in [-0.15, -0.1) is 0 Å². The second-order valence-corrected chi connectivity index (χ2v) is 2.46. The second-order valence-electron chi connectivity index (χ2n) is 2.28. The minimum Gasteiger partial charge on any atom is -0.497 e. The minimum absolute atomic E-state index is 0.222. The lowest BCUT2D eigenvalue weighted by Crippen LogP contribution is -1.90. The summed E-state index contributed by atoms with van der Waals surface area (Å²) < 4.78 is 5.73. The zero-order chi connectivity index (χ0) is 11.0. The van der Waals surface area contributed by atoms with Crippen molar-refractivity contribution < 1.29 is 14.3 Å². The quantitative estimate of drug-likeness (QED) is 0.432. The Morgan fingerprint density at radius 1 is 1.36 bits per heavy atom. The molecule has 76 valence electrons. The van der Waals surface area contributed by atoms with Gasteiger partial charge in [0.25, 0.3) is 5.69 Å². The maximum Gasteiger partial charge on any atom is 0.255 e. The van der Waals surface area contributed by atoms with E-state index in [0.717, 1.165) is 10.5 Å². The second kappa shape index (κ2) is 7.03. The van der Waals surface area contributed by atoms with E-state index in [1.165, 1.54) is 7.05 Å². The van der Waals surface area contributed by atoms with E-state index >= 15 is 0 Å². The lowest BCUT2D eigenvalue weighted by atomic mass is 10.3. The summed E-state index contributed by atoms with van der Waals surface area (Å²) in [4.78, 5) is 19.3. The first-order chi connectivity index (χ1) is 6.65. The Hall–Kier alpha value is -1.42. The molecule has 0 aliphatic heterocycles. The summed E-state index contributed by atoms with van der Waals surface area (Å²) in [6.07, 6.45) is 0. The zero-order valence-electron chi connectivity index (χ0n) is 7.94. The Labute approximate surface area is 87.0 Å². The lowest BCUT2D eigenvalue weighted by molar-refractivity contribution is -0.428. The number of benzene rings is 1. The molecule has 0 aliphatic rings. The number of methoxy groups -OCH3 is 1. The molecule has 0 atom stereocenters. The highest BCUT2D eigenvalue weighted by atomic mass is 35.5. The van der Waals surface area contributed by atoms with E-state index in [1.54, 1.807) is 31.4 Å². The zero-order valence-corrected chi connectivity index (χ0v) is 8.69. The normalized spacial score (nSPS) is 8.21. The predicted octanol–water partition coefficient (Wildman–Crippen LogP) is 2.15. The lowest BCUT2D eigenvalue weighted by Gasteiger charge is -1.95. The maximum absolute atomic E-state index is 10.7. The Morgan fingerprint density at radius 2 is 1.79 bits per heavy atom. The van der Waals surface area contributed by atoms with Gasteiger partial charge in [-0.25, -0.2) is 0 Å². The van der Waals surface area contributed by atoms with Gasteiger partial charge in [0.2, 0.25) is 5.75 Å². The van der Waals surface area contributed by atoms with Gasteiger partial charge in [-0.3, -0.25) is 4.79 Å². The van der Waals surface area contributed by atoms with Crippen molar-refractivity contribution in [2.75, 3.05) is 14.2 Å². The molecule has 0 bridgehead atoms. The molecule has 0 radical (unpaired) electrons. The van der Waals surface area contributed by atoms with E-state index in [4.69, 9.17) is 9.53 Å². The molecule has 1 aromatic carbocycles. The Morgan fingerprint density at radius 3 is 2.07 bits per heavy atom. The summed E-state index contributed by atoms with van der Waals surface area (Å²) in [5.74, 6) is 0.982. The van der Waals surface area contributed by atoms with Crippen LogP contribution in [0.2, 0.25) is 0 Å². The molecule has 0 heterocycles. The fraction of sp³-hybridized carbons (Fsp3) is 0.222. The molecule has 0 spiro atoms. The van der Waals surface area contributed by atoms with Gasteiger partial charge in [0.15, 0.2) is 7.05 Å². The number of rotatable bonds is 2. The number of carbonyl (C=O) groups excluding carboxylic acids is 1. The number of hydrogen-bond acceptors (Lipinski definition) is 3. The first-order valence-electron chi connectivity index (χ1n) is 3.74. The smallest absolute Gasteiger partial charge is 0.255 e. The molecular formula is C9H11ClNO3+. The van der Waals surface area contributed by atoms with Crippen molar-refractivity contribution in [3.63, 3.8) is 0 Å². The summed E-state index contributed by atoms with van der Waals surface area (Å²) in [7, 11) is 3.05. The van der Waals surface area contributed by atoms with Crippen molar-refractivity contribution in [3.8, 4) is 5.75 Å². The molecule has 0 unspecified atom stereocenters. The molecule has 5 heteroatoms. The van der Waals surface area contributed by atoms with Gasteiger partial charge in [0.05, 0.1) is 7.11 Å². The number of hydrogen-bond donors (Lipinski definition) is 0. The number of nitroso groups, excluding NO2 is 1. The number of nitrogens with zero attached hydrogens (tertiary/aromatic N) is 1. The van der Waals surface area contributed by atoms with Gasteiger partial charge in [0.1, 0.15) is 5.75 Å². The van der Waals surface area contributed by atoms with E-state index in [0.29, 0.717) is 5.69 Å². The van der Waals surface area contributed by atoms with Crippen molar-refractivity contribution >= 4 is 23.0 Å². The van der Waals surface area contributed by atoms with Crippen LogP contribution in [0.4, 0.5) is 5.69 Å². The van der Waals surface area contributed by atoms with Crippen LogP contribution in [0.15, 0.2) is 24.3 Å². The highest BCUT2D eigenvalue weighted by molar-refractivity contribution is 6.54. The van der Waals surface area contributed by atoms with Crippen molar-refractivity contribution in [2.24, 2.45) is 0 Å². The summed E-state index contributed by atoms with van der Waals surface area (Å²) in [6.45, 7) is 0. The van der Waals surface area contributed by atoms with Crippen LogP contribution in [0.3, 0.4) is 0 Å². The third-order valence-corrected chi connectivity index (χ3v) is 1.44. The van der Waals surface area contributed by atoms with Gasteiger partial charge in [0, 0.05) is 21.8 Å². The Kier molecular flexibility index (Phi) is 6.32. The predicted molar refractivity (Wildman–Crippen MR) is 54.8 cm³/mol. The molecule has 0 aliphatic carbocycles. The average molecular weight is 217 g/mol. The number of halogens is 1. The third kappa shape index (κ3) is 4.57. The summed E-state index contributed by atoms with van der Waals surface area (Å²) in [6, 6.07) is 6.94. The minimum atomic E-state index is 0.222. The molecule has 1 rings (SSSR count). The topological polar surface area (TPSA) is 46.4 Å². The molecule has 0 saturated heterocycles. The first kappa shape index (κ1) is 12.6. The Bertz CT molecular complexity index is 297. The molecular weight excluding hydrogens is 206 g/mol. The molecule has 0 fully saturated rings. The van der Waals surface area contributed by atoms with Crippen LogP contribution in [0.25, 0.3) is 0 Å². The monoisotopic (exact) mass is 216 g/mol.